The number of ether oxygens (including phenoxy) is 2. The zero-order chi connectivity index (χ0) is 25.0. The van der Waals surface area contributed by atoms with Crippen molar-refractivity contribution in [3.8, 4) is 5.75 Å². The predicted octanol–water partition coefficient (Wildman–Crippen LogP) is 5.42. The molecule has 0 saturated carbocycles. The van der Waals surface area contributed by atoms with Crippen LogP contribution in [0.5, 0.6) is 5.75 Å². The van der Waals surface area contributed by atoms with Crippen molar-refractivity contribution in [3.63, 3.8) is 0 Å². The molecule has 2 aromatic carbocycles. The molecule has 0 radical (unpaired) electrons. The van der Waals surface area contributed by atoms with E-state index >= 15 is 0 Å². The number of hydrogen-bond acceptors (Lipinski definition) is 4. The number of halogens is 1. The van der Waals surface area contributed by atoms with Gasteiger partial charge in [0.05, 0.1) is 0 Å². The topological polar surface area (TPSA) is 59.1 Å². The second-order valence-corrected chi connectivity index (χ2v) is 9.97. The van der Waals surface area contributed by atoms with Gasteiger partial charge in [-0.1, -0.05) is 29.8 Å². The molecule has 0 bridgehead atoms. The summed E-state index contributed by atoms with van der Waals surface area (Å²) in [6.45, 7) is 10.2. The summed E-state index contributed by atoms with van der Waals surface area (Å²) in [5.74, 6) is -0.0891. The summed E-state index contributed by atoms with van der Waals surface area (Å²) in [5, 5.41) is 0. The zero-order valence-electron chi connectivity index (χ0n) is 20.9. The van der Waals surface area contributed by atoms with Crippen molar-refractivity contribution in [1.82, 2.24) is 9.80 Å². The molecule has 184 valence electrons. The predicted molar refractivity (Wildman–Crippen MR) is 129 cm³/mol. The molecule has 1 aliphatic heterocycles. The van der Waals surface area contributed by atoms with Gasteiger partial charge in [0.1, 0.15) is 17.2 Å². The first-order chi connectivity index (χ1) is 15.9. The number of rotatable bonds is 5. The molecule has 1 heterocycles. The normalized spacial score (nSPS) is 15.6. The van der Waals surface area contributed by atoms with Crippen LogP contribution in [-0.4, -0.2) is 53.6 Å². The molecule has 0 aromatic heterocycles. The Balaban J connectivity index is 1.74. The van der Waals surface area contributed by atoms with Gasteiger partial charge in [0, 0.05) is 31.7 Å². The highest BCUT2D eigenvalue weighted by atomic mass is 19.1. The molecule has 3 rings (SSSR count). The Kier molecular flexibility index (Phi) is 7.85. The lowest BCUT2D eigenvalue weighted by Gasteiger charge is -2.38. The number of benzene rings is 2. The molecule has 1 fully saturated rings. The Morgan fingerprint density at radius 1 is 1.06 bits per heavy atom. The molecule has 7 heteroatoms. The molecule has 1 atom stereocenters. The van der Waals surface area contributed by atoms with E-state index in [2.05, 4.69) is 0 Å². The van der Waals surface area contributed by atoms with Gasteiger partial charge in [0.15, 0.2) is 0 Å². The third-order valence-corrected chi connectivity index (χ3v) is 6.01. The Bertz CT molecular complexity index is 1010. The van der Waals surface area contributed by atoms with E-state index < -0.39 is 11.7 Å². The molecule has 2 amide bonds. The summed E-state index contributed by atoms with van der Waals surface area (Å²) in [7, 11) is 1.74. The number of hydrogen-bond donors (Lipinski definition) is 0. The molecule has 0 spiro atoms. The quantitative estimate of drug-likeness (QED) is 0.585. The second-order valence-electron chi connectivity index (χ2n) is 9.97. The van der Waals surface area contributed by atoms with Crippen molar-refractivity contribution >= 4 is 12.0 Å². The highest BCUT2D eigenvalue weighted by Crippen LogP contribution is 2.28. The van der Waals surface area contributed by atoms with Crippen LogP contribution >= 0.6 is 0 Å². The number of likely N-dealkylation sites (N-methyl/N-ethyl adjacent to an activating group) is 1. The largest absolute Gasteiger partial charge is 0.476 e. The third-order valence-electron chi connectivity index (χ3n) is 6.01. The first-order valence-electron chi connectivity index (χ1n) is 11.7. The van der Waals surface area contributed by atoms with Crippen molar-refractivity contribution in [2.75, 3.05) is 20.1 Å². The van der Waals surface area contributed by atoms with Gasteiger partial charge in [0.2, 0.25) is 6.10 Å². The highest BCUT2D eigenvalue weighted by Gasteiger charge is 2.34. The molecular formula is C27H35FN2O4. The average Bonchev–Trinajstić information content (AvgIpc) is 2.78. The molecular weight excluding hydrogens is 435 g/mol. The van der Waals surface area contributed by atoms with E-state index in [4.69, 9.17) is 9.47 Å². The van der Waals surface area contributed by atoms with Crippen molar-refractivity contribution in [1.29, 1.82) is 0 Å². The third kappa shape index (κ3) is 6.49. The zero-order valence-corrected chi connectivity index (χ0v) is 20.9. The molecule has 34 heavy (non-hydrogen) atoms. The van der Waals surface area contributed by atoms with Crippen LogP contribution in [0.4, 0.5) is 9.18 Å². The van der Waals surface area contributed by atoms with Gasteiger partial charge in [0.25, 0.3) is 5.91 Å². The first-order valence-corrected chi connectivity index (χ1v) is 11.7. The van der Waals surface area contributed by atoms with Gasteiger partial charge in [-0.25, -0.2) is 9.18 Å². The summed E-state index contributed by atoms with van der Waals surface area (Å²) >= 11 is 0. The van der Waals surface area contributed by atoms with Gasteiger partial charge < -0.3 is 19.3 Å². The van der Waals surface area contributed by atoms with Crippen molar-refractivity contribution in [2.24, 2.45) is 0 Å². The van der Waals surface area contributed by atoms with Gasteiger partial charge in [-0.05, 0) is 71.2 Å². The number of carbonyl (C=O) groups excluding carboxylic acids is 2. The lowest BCUT2D eigenvalue weighted by Crippen LogP contribution is -2.49. The number of amides is 2. The fourth-order valence-electron chi connectivity index (χ4n) is 3.91. The van der Waals surface area contributed by atoms with Gasteiger partial charge in [-0.15, -0.1) is 0 Å². The first kappa shape index (κ1) is 25.5. The smallest absolute Gasteiger partial charge is 0.410 e. The van der Waals surface area contributed by atoms with Gasteiger partial charge in [-0.2, -0.15) is 0 Å². The summed E-state index contributed by atoms with van der Waals surface area (Å²) < 4.78 is 25.9. The average molecular weight is 471 g/mol. The molecule has 0 aliphatic carbocycles. The van der Waals surface area contributed by atoms with Crippen LogP contribution in [0.1, 0.15) is 56.4 Å². The summed E-state index contributed by atoms with van der Waals surface area (Å²) in [4.78, 5) is 29.3. The number of piperidine rings is 1. The SMILES string of the molecule is Cc1ccc(OC(C(=O)N(C)C2CCN(C(=O)OC(C)(C)C)CC2)c2ccc(C)c(F)c2)cc1. The molecule has 0 N–H and O–H groups in total. The fourth-order valence-corrected chi connectivity index (χ4v) is 3.91. The maximum Gasteiger partial charge on any atom is 0.410 e. The highest BCUT2D eigenvalue weighted by molar-refractivity contribution is 5.83. The Morgan fingerprint density at radius 2 is 1.68 bits per heavy atom. The number of aryl methyl sites for hydroxylation is 2. The second kappa shape index (κ2) is 10.5. The minimum absolute atomic E-state index is 0.0643. The van der Waals surface area contributed by atoms with Crippen LogP contribution in [0, 0.1) is 19.7 Å². The van der Waals surface area contributed by atoms with Crippen LogP contribution in [0.2, 0.25) is 0 Å². The minimum Gasteiger partial charge on any atom is -0.476 e. The lowest BCUT2D eigenvalue weighted by atomic mass is 10.0. The summed E-state index contributed by atoms with van der Waals surface area (Å²) in [6, 6.07) is 12.1. The molecule has 2 aromatic rings. The van der Waals surface area contributed by atoms with Crippen LogP contribution in [0.25, 0.3) is 0 Å². The molecule has 6 nitrogen and oxygen atoms in total. The molecule has 1 aliphatic rings. The van der Waals surface area contributed by atoms with E-state index in [1.165, 1.54) is 6.07 Å². The van der Waals surface area contributed by atoms with Crippen molar-refractivity contribution in [3.05, 3.63) is 65.0 Å². The maximum atomic E-state index is 14.4. The number of likely N-dealkylation sites (tertiary alicyclic amines) is 1. The Labute approximate surface area is 201 Å². The maximum absolute atomic E-state index is 14.4. The van der Waals surface area contributed by atoms with E-state index in [9.17, 15) is 14.0 Å². The lowest BCUT2D eigenvalue weighted by molar-refractivity contribution is -0.140. The minimum atomic E-state index is -0.980. The van der Waals surface area contributed by atoms with Crippen LogP contribution < -0.4 is 4.74 Å². The molecule has 1 unspecified atom stereocenters. The Hall–Kier alpha value is -3.09. The van der Waals surface area contributed by atoms with Crippen LogP contribution in [-0.2, 0) is 9.53 Å². The van der Waals surface area contributed by atoms with E-state index in [0.717, 1.165) is 5.56 Å². The van der Waals surface area contributed by atoms with E-state index in [0.29, 0.717) is 42.8 Å². The van der Waals surface area contributed by atoms with Crippen molar-refractivity contribution in [2.45, 2.75) is 65.2 Å². The Morgan fingerprint density at radius 3 is 2.24 bits per heavy atom. The van der Waals surface area contributed by atoms with Crippen LogP contribution in [0.3, 0.4) is 0 Å². The fraction of sp³-hybridized carbons (Fsp3) is 0.481. The molecule has 1 saturated heterocycles. The number of carbonyl (C=O) groups is 2. The van der Waals surface area contributed by atoms with Crippen molar-refractivity contribution < 1.29 is 23.5 Å². The van der Waals surface area contributed by atoms with Gasteiger partial charge >= 0.3 is 6.09 Å². The summed E-state index contributed by atoms with van der Waals surface area (Å²) in [6.07, 6.45) is -0.0653. The van der Waals surface area contributed by atoms with E-state index in [1.54, 1.807) is 48.0 Å². The van der Waals surface area contributed by atoms with E-state index in [-0.39, 0.29) is 23.9 Å². The monoisotopic (exact) mass is 470 g/mol. The number of nitrogens with zero attached hydrogens (tertiary/aromatic N) is 2. The van der Waals surface area contributed by atoms with Gasteiger partial charge in [-0.3, -0.25) is 4.79 Å². The standard InChI is InChI=1S/C27H35FN2O4/c1-18-7-11-22(12-8-18)33-24(20-10-9-19(2)23(28)17-20)25(31)29(6)21-13-15-30(16-14-21)26(32)34-27(3,4)5/h7-12,17,21,24H,13-16H2,1-6H3. The summed E-state index contributed by atoms with van der Waals surface area (Å²) in [5.41, 5.74) is 1.50. The van der Waals surface area contributed by atoms with Crippen LogP contribution in [0.15, 0.2) is 42.5 Å². The van der Waals surface area contributed by atoms with E-state index in [1.807, 2.05) is 39.8 Å².